The lowest BCUT2D eigenvalue weighted by atomic mass is 10.3. The smallest absolute Gasteiger partial charge is 0.173 e. The van der Waals surface area contributed by atoms with Crippen molar-refractivity contribution < 1.29 is 4.39 Å². The standard InChI is InChI=1S/C12H15FN4/c13-11-2-1-5-17-9-10(15-12(11)17)8-16-6-3-14-4-7-16/h1-2,5,9,14H,3-4,6-8H2. The number of imidazole rings is 1. The number of piperazine rings is 1. The van der Waals surface area contributed by atoms with Crippen molar-refractivity contribution in [3.8, 4) is 0 Å². The van der Waals surface area contributed by atoms with Crippen molar-refractivity contribution in [3.63, 3.8) is 0 Å². The van der Waals surface area contributed by atoms with Crippen LogP contribution in [0.5, 0.6) is 0 Å². The fourth-order valence-corrected chi connectivity index (χ4v) is 2.20. The van der Waals surface area contributed by atoms with Gasteiger partial charge in [0.15, 0.2) is 11.5 Å². The predicted octanol–water partition coefficient (Wildman–Crippen LogP) is 0.879. The Balaban J connectivity index is 1.83. The minimum atomic E-state index is -0.265. The number of aromatic nitrogens is 2. The highest BCUT2D eigenvalue weighted by Gasteiger charge is 2.12. The highest BCUT2D eigenvalue weighted by molar-refractivity contribution is 5.41. The molecule has 0 unspecified atom stereocenters. The SMILES string of the molecule is Fc1cccn2cc(CN3CCNCC3)nc12. The Labute approximate surface area is 99.1 Å². The van der Waals surface area contributed by atoms with Crippen molar-refractivity contribution >= 4 is 5.65 Å². The van der Waals surface area contributed by atoms with E-state index in [1.54, 1.807) is 10.5 Å². The number of halogens is 1. The van der Waals surface area contributed by atoms with Crippen molar-refractivity contribution in [3.05, 3.63) is 36.0 Å². The summed E-state index contributed by atoms with van der Waals surface area (Å²) >= 11 is 0. The first kappa shape index (κ1) is 10.7. The summed E-state index contributed by atoms with van der Waals surface area (Å²) in [6, 6.07) is 3.13. The third-order valence-electron chi connectivity index (χ3n) is 3.08. The van der Waals surface area contributed by atoms with Crippen molar-refractivity contribution in [2.75, 3.05) is 26.2 Å². The quantitative estimate of drug-likeness (QED) is 0.837. The van der Waals surface area contributed by atoms with E-state index in [1.165, 1.54) is 6.07 Å². The average Bonchev–Trinajstić information content (AvgIpc) is 2.74. The van der Waals surface area contributed by atoms with E-state index in [2.05, 4.69) is 15.2 Å². The predicted molar refractivity (Wildman–Crippen MR) is 63.3 cm³/mol. The zero-order chi connectivity index (χ0) is 11.7. The highest BCUT2D eigenvalue weighted by Crippen LogP contribution is 2.11. The van der Waals surface area contributed by atoms with Gasteiger partial charge in [-0.1, -0.05) is 0 Å². The maximum atomic E-state index is 13.5. The van der Waals surface area contributed by atoms with Crippen LogP contribution in [0.15, 0.2) is 24.5 Å². The van der Waals surface area contributed by atoms with Crippen molar-refractivity contribution in [1.29, 1.82) is 0 Å². The molecule has 90 valence electrons. The number of nitrogens with zero attached hydrogens (tertiary/aromatic N) is 3. The Kier molecular flexibility index (Phi) is 2.78. The molecule has 3 rings (SSSR count). The van der Waals surface area contributed by atoms with Gasteiger partial charge in [-0.25, -0.2) is 9.37 Å². The molecule has 2 aromatic heterocycles. The summed E-state index contributed by atoms with van der Waals surface area (Å²) in [5.41, 5.74) is 1.34. The number of fused-ring (bicyclic) bond motifs is 1. The number of pyridine rings is 1. The molecular formula is C12H15FN4. The maximum absolute atomic E-state index is 13.5. The fourth-order valence-electron chi connectivity index (χ4n) is 2.20. The third kappa shape index (κ3) is 2.16. The molecule has 4 nitrogen and oxygen atoms in total. The van der Waals surface area contributed by atoms with Crippen molar-refractivity contribution in [2.24, 2.45) is 0 Å². The monoisotopic (exact) mass is 234 g/mol. The molecule has 0 aromatic carbocycles. The summed E-state index contributed by atoms with van der Waals surface area (Å²) in [4.78, 5) is 6.66. The van der Waals surface area contributed by atoms with E-state index in [4.69, 9.17) is 0 Å². The second kappa shape index (κ2) is 4.43. The zero-order valence-corrected chi connectivity index (χ0v) is 9.56. The molecule has 0 radical (unpaired) electrons. The van der Waals surface area contributed by atoms with Gasteiger partial charge in [0.25, 0.3) is 0 Å². The van der Waals surface area contributed by atoms with Gasteiger partial charge in [-0.2, -0.15) is 0 Å². The molecular weight excluding hydrogens is 219 g/mol. The van der Waals surface area contributed by atoms with Crippen LogP contribution < -0.4 is 5.32 Å². The van der Waals surface area contributed by atoms with Crippen LogP contribution in [0.2, 0.25) is 0 Å². The van der Waals surface area contributed by atoms with Crippen LogP contribution >= 0.6 is 0 Å². The van der Waals surface area contributed by atoms with Crippen molar-refractivity contribution in [2.45, 2.75) is 6.54 Å². The maximum Gasteiger partial charge on any atom is 0.173 e. The Morgan fingerprint density at radius 2 is 2.18 bits per heavy atom. The van der Waals surface area contributed by atoms with E-state index < -0.39 is 0 Å². The number of hydrogen-bond donors (Lipinski definition) is 1. The van der Waals surface area contributed by atoms with E-state index in [1.807, 2.05) is 12.4 Å². The average molecular weight is 234 g/mol. The molecule has 1 aliphatic rings. The minimum Gasteiger partial charge on any atom is -0.314 e. The largest absolute Gasteiger partial charge is 0.314 e. The Bertz CT molecular complexity index is 516. The van der Waals surface area contributed by atoms with Gasteiger partial charge in [-0.15, -0.1) is 0 Å². The molecule has 1 saturated heterocycles. The Morgan fingerprint density at radius 3 is 2.94 bits per heavy atom. The normalized spacial score (nSPS) is 17.7. The molecule has 0 amide bonds. The van der Waals surface area contributed by atoms with Crippen LogP contribution in [0.25, 0.3) is 5.65 Å². The van der Waals surface area contributed by atoms with Gasteiger partial charge in [0.05, 0.1) is 5.69 Å². The second-order valence-electron chi connectivity index (χ2n) is 4.35. The summed E-state index contributed by atoms with van der Waals surface area (Å²) in [7, 11) is 0. The van der Waals surface area contributed by atoms with Gasteiger partial charge < -0.3 is 9.72 Å². The van der Waals surface area contributed by atoms with Crippen LogP contribution in [0, 0.1) is 5.82 Å². The molecule has 1 N–H and O–H groups in total. The number of nitrogens with one attached hydrogen (secondary N) is 1. The van der Waals surface area contributed by atoms with Crippen molar-refractivity contribution in [1.82, 2.24) is 19.6 Å². The van der Waals surface area contributed by atoms with Crippen LogP contribution in [0.4, 0.5) is 4.39 Å². The molecule has 0 atom stereocenters. The van der Waals surface area contributed by atoms with E-state index in [0.717, 1.165) is 38.4 Å². The first-order valence-electron chi connectivity index (χ1n) is 5.88. The third-order valence-corrected chi connectivity index (χ3v) is 3.08. The molecule has 1 fully saturated rings. The van der Waals surface area contributed by atoms with Gasteiger partial charge in [-0.05, 0) is 12.1 Å². The molecule has 2 aromatic rings. The lowest BCUT2D eigenvalue weighted by Gasteiger charge is -2.26. The molecule has 0 saturated carbocycles. The molecule has 5 heteroatoms. The fraction of sp³-hybridized carbons (Fsp3) is 0.417. The number of hydrogen-bond acceptors (Lipinski definition) is 3. The number of rotatable bonds is 2. The van der Waals surface area contributed by atoms with E-state index >= 15 is 0 Å². The second-order valence-corrected chi connectivity index (χ2v) is 4.35. The molecule has 0 aliphatic carbocycles. The topological polar surface area (TPSA) is 32.6 Å². The van der Waals surface area contributed by atoms with Gasteiger partial charge in [0.2, 0.25) is 0 Å². The Hall–Kier alpha value is -1.46. The summed E-state index contributed by atoms with van der Waals surface area (Å²) in [5.74, 6) is -0.265. The van der Waals surface area contributed by atoms with Crippen LogP contribution in [-0.2, 0) is 6.54 Å². The first-order valence-corrected chi connectivity index (χ1v) is 5.88. The van der Waals surface area contributed by atoms with Gasteiger partial charge in [0, 0.05) is 45.1 Å². The van der Waals surface area contributed by atoms with E-state index in [0.29, 0.717) is 5.65 Å². The Morgan fingerprint density at radius 1 is 1.35 bits per heavy atom. The van der Waals surface area contributed by atoms with Crippen LogP contribution in [0.3, 0.4) is 0 Å². The van der Waals surface area contributed by atoms with E-state index in [9.17, 15) is 4.39 Å². The summed E-state index contributed by atoms with van der Waals surface area (Å²) < 4.78 is 15.2. The van der Waals surface area contributed by atoms with Crippen LogP contribution in [-0.4, -0.2) is 40.5 Å². The highest BCUT2D eigenvalue weighted by atomic mass is 19.1. The lowest BCUT2D eigenvalue weighted by molar-refractivity contribution is 0.231. The molecule has 3 heterocycles. The summed E-state index contributed by atoms with van der Waals surface area (Å²) in [5, 5.41) is 3.31. The molecule has 1 aliphatic heterocycles. The minimum absolute atomic E-state index is 0.265. The summed E-state index contributed by atoms with van der Waals surface area (Å²) in [6.45, 7) is 4.87. The zero-order valence-electron chi connectivity index (χ0n) is 9.56. The van der Waals surface area contributed by atoms with Gasteiger partial charge in [-0.3, -0.25) is 4.90 Å². The molecule has 0 bridgehead atoms. The lowest BCUT2D eigenvalue weighted by Crippen LogP contribution is -2.42. The van der Waals surface area contributed by atoms with Gasteiger partial charge in [0.1, 0.15) is 0 Å². The summed E-state index contributed by atoms with van der Waals surface area (Å²) in [6.07, 6.45) is 3.73. The first-order chi connectivity index (χ1) is 8.33. The molecule has 0 spiro atoms. The van der Waals surface area contributed by atoms with E-state index in [-0.39, 0.29) is 5.82 Å². The molecule has 17 heavy (non-hydrogen) atoms. The van der Waals surface area contributed by atoms with Crippen LogP contribution in [0.1, 0.15) is 5.69 Å². The van der Waals surface area contributed by atoms with Gasteiger partial charge >= 0.3 is 0 Å².